The van der Waals surface area contributed by atoms with Crippen LogP contribution in [0.25, 0.3) is 0 Å². The summed E-state index contributed by atoms with van der Waals surface area (Å²) in [6, 6.07) is 7.88. The molecule has 98 valence electrons. The van der Waals surface area contributed by atoms with E-state index in [-0.39, 0.29) is 17.9 Å². The van der Waals surface area contributed by atoms with E-state index >= 15 is 0 Å². The van der Waals surface area contributed by atoms with Gasteiger partial charge in [-0.05, 0) is 37.9 Å². The first-order chi connectivity index (χ1) is 8.66. The third kappa shape index (κ3) is 3.47. The van der Waals surface area contributed by atoms with Crippen molar-refractivity contribution in [3.8, 4) is 0 Å². The van der Waals surface area contributed by atoms with E-state index in [4.69, 9.17) is 11.6 Å². The zero-order valence-corrected chi connectivity index (χ0v) is 11.3. The maximum Gasteiger partial charge on any atom is 0.224 e. The van der Waals surface area contributed by atoms with Gasteiger partial charge < -0.3 is 10.6 Å². The van der Waals surface area contributed by atoms with Crippen molar-refractivity contribution >= 4 is 17.5 Å². The van der Waals surface area contributed by atoms with E-state index in [1.165, 1.54) is 0 Å². The minimum absolute atomic E-state index is 0.109. The highest BCUT2D eigenvalue weighted by Gasteiger charge is 2.23. The third-order valence-corrected chi connectivity index (χ3v) is 3.67. The highest BCUT2D eigenvalue weighted by atomic mass is 35.5. The van der Waals surface area contributed by atoms with Gasteiger partial charge in [0.05, 0.1) is 5.92 Å². The van der Waals surface area contributed by atoms with Crippen molar-refractivity contribution < 1.29 is 4.79 Å². The summed E-state index contributed by atoms with van der Waals surface area (Å²) in [6.07, 6.45) is 1.70. The van der Waals surface area contributed by atoms with Crippen LogP contribution in [0.3, 0.4) is 0 Å². The van der Waals surface area contributed by atoms with Crippen LogP contribution in [0.5, 0.6) is 0 Å². The monoisotopic (exact) mass is 266 g/mol. The first kappa shape index (κ1) is 13.4. The molecular formula is C14H19ClN2O. The molecule has 1 aliphatic rings. The summed E-state index contributed by atoms with van der Waals surface area (Å²) >= 11 is 6.11. The molecule has 1 saturated heterocycles. The van der Waals surface area contributed by atoms with E-state index < -0.39 is 0 Å². The van der Waals surface area contributed by atoms with E-state index in [9.17, 15) is 4.79 Å². The lowest BCUT2D eigenvalue weighted by Gasteiger charge is -2.17. The number of carbonyl (C=O) groups excluding carboxylic acids is 1. The molecule has 0 saturated carbocycles. The highest BCUT2D eigenvalue weighted by Crippen LogP contribution is 2.17. The fraction of sp³-hybridized carbons (Fsp3) is 0.500. The maximum absolute atomic E-state index is 11.9. The molecule has 1 amide bonds. The number of hydrogen-bond acceptors (Lipinski definition) is 2. The second-order valence-electron chi connectivity index (χ2n) is 4.89. The topological polar surface area (TPSA) is 41.1 Å². The van der Waals surface area contributed by atoms with Crippen LogP contribution in [0.15, 0.2) is 24.3 Å². The summed E-state index contributed by atoms with van der Waals surface area (Å²) in [7, 11) is 0. The number of rotatable bonds is 4. The van der Waals surface area contributed by atoms with Gasteiger partial charge in [0.1, 0.15) is 0 Å². The number of nitrogens with one attached hydrogen (secondary N) is 2. The third-order valence-electron chi connectivity index (χ3n) is 3.30. The predicted molar refractivity (Wildman–Crippen MR) is 73.7 cm³/mol. The summed E-state index contributed by atoms with van der Waals surface area (Å²) in [5.41, 5.74) is 1.08. The number of hydrogen-bond donors (Lipinski definition) is 2. The van der Waals surface area contributed by atoms with Gasteiger partial charge in [-0.3, -0.25) is 4.79 Å². The van der Waals surface area contributed by atoms with E-state index in [0.717, 1.165) is 36.5 Å². The van der Waals surface area contributed by atoms with E-state index in [1.54, 1.807) is 0 Å². The molecule has 0 aliphatic carbocycles. The van der Waals surface area contributed by atoms with Crippen LogP contribution in [0, 0.1) is 5.92 Å². The zero-order valence-electron chi connectivity index (χ0n) is 10.6. The van der Waals surface area contributed by atoms with Crippen LogP contribution in [-0.2, 0) is 11.2 Å². The van der Waals surface area contributed by atoms with Gasteiger partial charge >= 0.3 is 0 Å². The van der Waals surface area contributed by atoms with Crippen LogP contribution in [0.1, 0.15) is 18.9 Å². The molecule has 1 aromatic rings. The lowest BCUT2D eigenvalue weighted by molar-refractivity contribution is -0.125. The normalized spacial score (nSPS) is 20.7. The number of amides is 1. The fourth-order valence-electron chi connectivity index (χ4n) is 2.28. The predicted octanol–water partition coefficient (Wildman–Crippen LogP) is 2.00. The quantitative estimate of drug-likeness (QED) is 0.875. The molecule has 1 fully saturated rings. The van der Waals surface area contributed by atoms with Crippen LogP contribution < -0.4 is 10.6 Å². The largest absolute Gasteiger partial charge is 0.353 e. The van der Waals surface area contributed by atoms with Crippen LogP contribution in [-0.4, -0.2) is 25.0 Å². The Morgan fingerprint density at radius 2 is 2.33 bits per heavy atom. The Bertz CT molecular complexity index is 416. The maximum atomic E-state index is 11.9. The summed E-state index contributed by atoms with van der Waals surface area (Å²) in [6.45, 7) is 3.76. The molecule has 1 aromatic carbocycles. The Labute approximate surface area is 113 Å². The van der Waals surface area contributed by atoms with Crippen LogP contribution in [0.4, 0.5) is 0 Å². The van der Waals surface area contributed by atoms with Crippen molar-refractivity contribution in [3.05, 3.63) is 34.9 Å². The molecular weight excluding hydrogens is 248 g/mol. The molecule has 0 spiro atoms. The summed E-state index contributed by atoms with van der Waals surface area (Å²) in [5.74, 6) is 0.276. The summed E-state index contributed by atoms with van der Waals surface area (Å²) in [5, 5.41) is 7.03. The molecule has 1 aliphatic heterocycles. The van der Waals surface area contributed by atoms with Crippen molar-refractivity contribution in [2.45, 2.75) is 25.8 Å². The second-order valence-corrected chi connectivity index (χ2v) is 5.30. The molecule has 1 heterocycles. The number of benzene rings is 1. The second kappa shape index (κ2) is 6.21. The Kier molecular flexibility index (Phi) is 4.61. The minimum Gasteiger partial charge on any atom is -0.353 e. The van der Waals surface area contributed by atoms with Gasteiger partial charge in [-0.2, -0.15) is 0 Å². The van der Waals surface area contributed by atoms with Crippen molar-refractivity contribution in [3.63, 3.8) is 0 Å². The van der Waals surface area contributed by atoms with Crippen molar-refractivity contribution in [1.82, 2.24) is 10.6 Å². The lowest BCUT2D eigenvalue weighted by atomic mass is 10.0. The van der Waals surface area contributed by atoms with E-state index in [0.29, 0.717) is 0 Å². The molecule has 4 heteroatoms. The van der Waals surface area contributed by atoms with Gasteiger partial charge in [0.25, 0.3) is 0 Å². The first-order valence-electron chi connectivity index (χ1n) is 6.41. The van der Waals surface area contributed by atoms with Crippen molar-refractivity contribution in [2.75, 3.05) is 13.1 Å². The molecule has 0 radical (unpaired) electrons. The van der Waals surface area contributed by atoms with Crippen molar-refractivity contribution in [2.24, 2.45) is 5.92 Å². The first-order valence-corrected chi connectivity index (χ1v) is 6.79. The molecule has 2 atom stereocenters. The smallest absolute Gasteiger partial charge is 0.224 e. The van der Waals surface area contributed by atoms with Crippen molar-refractivity contribution in [1.29, 1.82) is 0 Å². The van der Waals surface area contributed by atoms with Gasteiger partial charge in [-0.15, -0.1) is 0 Å². The van der Waals surface area contributed by atoms with Gasteiger partial charge in [0.15, 0.2) is 0 Å². The van der Waals surface area contributed by atoms with E-state index in [1.807, 2.05) is 31.2 Å². The molecule has 0 unspecified atom stereocenters. The molecule has 0 bridgehead atoms. The zero-order chi connectivity index (χ0) is 13.0. The lowest BCUT2D eigenvalue weighted by Crippen LogP contribution is -2.39. The van der Waals surface area contributed by atoms with E-state index in [2.05, 4.69) is 10.6 Å². The molecule has 3 nitrogen and oxygen atoms in total. The summed E-state index contributed by atoms with van der Waals surface area (Å²) in [4.78, 5) is 11.9. The van der Waals surface area contributed by atoms with Gasteiger partial charge in [-0.1, -0.05) is 29.8 Å². The van der Waals surface area contributed by atoms with Gasteiger partial charge in [-0.25, -0.2) is 0 Å². The van der Waals surface area contributed by atoms with Gasteiger partial charge in [0.2, 0.25) is 5.91 Å². The Morgan fingerprint density at radius 3 is 3.00 bits per heavy atom. The Balaban J connectivity index is 1.86. The number of halogens is 1. The average molecular weight is 267 g/mol. The molecule has 0 aromatic heterocycles. The molecule has 2 rings (SSSR count). The highest BCUT2D eigenvalue weighted by molar-refractivity contribution is 6.31. The molecule has 2 N–H and O–H groups in total. The summed E-state index contributed by atoms with van der Waals surface area (Å²) < 4.78 is 0. The number of carbonyl (C=O) groups is 1. The standard InChI is InChI=1S/C14H19ClN2O/c1-10(8-11-4-2-3-5-13(11)15)17-14(18)12-6-7-16-9-12/h2-5,10,12,16H,6-9H2,1H3,(H,17,18)/t10-,12-/m0/s1. The minimum atomic E-state index is 0.109. The van der Waals surface area contributed by atoms with Crippen LogP contribution in [0.2, 0.25) is 5.02 Å². The molecule has 18 heavy (non-hydrogen) atoms. The average Bonchev–Trinajstić information content (AvgIpc) is 2.85. The Morgan fingerprint density at radius 1 is 1.56 bits per heavy atom. The van der Waals surface area contributed by atoms with Crippen LogP contribution >= 0.6 is 11.6 Å². The fourth-order valence-corrected chi connectivity index (χ4v) is 2.50. The Hall–Kier alpha value is -1.06. The van der Waals surface area contributed by atoms with Gasteiger partial charge in [0, 0.05) is 17.6 Å². The SMILES string of the molecule is C[C@@H](Cc1ccccc1Cl)NC(=O)[C@H]1CCNC1.